The number of benzene rings is 3. The first-order valence-corrected chi connectivity index (χ1v) is 11.2. The normalized spacial score (nSPS) is 14.5. The molecule has 1 saturated heterocycles. The number of carbonyl (C=O) groups excluding carboxylic acids is 2. The van der Waals surface area contributed by atoms with E-state index in [2.05, 4.69) is 0 Å². The monoisotopic (exact) mass is 495 g/mol. The van der Waals surface area contributed by atoms with Crippen LogP contribution in [-0.2, 0) is 11.4 Å². The maximum absolute atomic E-state index is 13.0. The highest BCUT2D eigenvalue weighted by atomic mass is 35.5. The third-order valence-corrected chi connectivity index (χ3v) is 6.07. The summed E-state index contributed by atoms with van der Waals surface area (Å²) in [6, 6.07) is 18.0. The van der Waals surface area contributed by atoms with Crippen LogP contribution < -0.4 is 14.4 Å². The molecule has 7 nitrogen and oxygen atoms in total. The van der Waals surface area contributed by atoms with Crippen molar-refractivity contribution in [2.75, 3.05) is 12.0 Å². The van der Waals surface area contributed by atoms with Gasteiger partial charge in [-0.1, -0.05) is 35.9 Å². The summed E-state index contributed by atoms with van der Waals surface area (Å²) in [6.45, 7) is 0.0780. The summed E-state index contributed by atoms with van der Waals surface area (Å²) in [5, 5.41) is 9.28. The topological polar surface area (TPSA) is 93.1 Å². The molecule has 0 radical (unpaired) electrons. The molecule has 0 aliphatic carbocycles. The number of carboxylic acids is 1. The number of nitrogens with zero attached hydrogens (tertiary/aromatic N) is 1. The molecule has 0 aromatic heterocycles. The van der Waals surface area contributed by atoms with Crippen molar-refractivity contribution in [1.82, 2.24) is 0 Å². The van der Waals surface area contributed by atoms with E-state index >= 15 is 0 Å². The summed E-state index contributed by atoms with van der Waals surface area (Å²) >= 11 is 6.73. The van der Waals surface area contributed by atoms with Gasteiger partial charge in [0.1, 0.15) is 6.61 Å². The number of para-hydroxylation sites is 1. The molecule has 9 heteroatoms. The van der Waals surface area contributed by atoms with Gasteiger partial charge >= 0.3 is 5.97 Å². The summed E-state index contributed by atoms with van der Waals surface area (Å²) < 4.78 is 11.4. The van der Waals surface area contributed by atoms with Crippen molar-refractivity contribution in [2.45, 2.75) is 6.61 Å². The van der Waals surface area contributed by atoms with Crippen LogP contribution in [0.25, 0.3) is 6.08 Å². The van der Waals surface area contributed by atoms with Crippen LogP contribution in [0.1, 0.15) is 21.5 Å². The van der Waals surface area contributed by atoms with Crippen LogP contribution in [0.15, 0.2) is 71.6 Å². The first kappa shape index (κ1) is 23.4. The highest BCUT2D eigenvalue weighted by Gasteiger charge is 2.36. The zero-order valence-corrected chi connectivity index (χ0v) is 19.4. The lowest BCUT2D eigenvalue weighted by Crippen LogP contribution is -2.27. The number of carbonyl (C=O) groups is 3. The lowest BCUT2D eigenvalue weighted by Gasteiger charge is -2.14. The molecule has 34 heavy (non-hydrogen) atoms. The van der Waals surface area contributed by atoms with Gasteiger partial charge in [-0.2, -0.15) is 0 Å². The van der Waals surface area contributed by atoms with Crippen LogP contribution in [0.5, 0.6) is 11.5 Å². The van der Waals surface area contributed by atoms with Crippen molar-refractivity contribution in [3.05, 3.63) is 93.3 Å². The van der Waals surface area contributed by atoms with Crippen molar-refractivity contribution in [2.24, 2.45) is 0 Å². The number of hydrogen-bond donors (Lipinski definition) is 1. The van der Waals surface area contributed by atoms with E-state index in [1.54, 1.807) is 60.7 Å². The lowest BCUT2D eigenvalue weighted by atomic mass is 10.1. The van der Waals surface area contributed by atoms with E-state index < -0.39 is 17.1 Å². The number of halogens is 1. The zero-order valence-electron chi connectivity index (χ0n) is 17.9. The summed E-state index contributed by atoms with van der Waals surface area (Å²) in [6.07, 6.45) is 1.58. The predicted octanol–water partition coefficient (Wildman–Crippen LogP) is 5.87. The van der Waals surface area contributed by atoms with E-state index in [-0.39, 0.29) is 17.1 Å². The fourth-order valence-electron chi connectivity index (χ4n) is 3.33. The molecule has 0 saturated carbocycles. The number of imide groups is 1. The summed E-state index contributed by atoms with van der Waals surface area (Å²) in [5.41, 5.74) is 1.77. The van der Waals surface area contributed by atoms with E-state index in [4.69, 9.17) is 21.1 Å². The quantitative estimate of drug-likeness (QED) is 0.410. The van der Waals surface area contributed by atoms with Crippen molar-refractivity contribution in [1.29, 1.82) is 0 Å². The lowest BCUT2D eigenvalue weighted by molar-refractivity contribution is -0.113. The van der Waals surface area contributed by atoms with Crippen LogP contribution in [0.4, 0.5) is 10.5 Å². The average molecular weight is 496 g/mol. The Balaban J connectivity index is 1.63. The highest BCUT2D eigenvalue weighted by Crippen LogP contribution is 2.39. The van der Waals surface area contributed by atoms with Crippen molar-refractivity contribution in [3.63, 3.8) is 0 Å². The van der Waals surface area contributed by atoms with E-state index in [1.165, 1.54) is 19.2 Å². The molecule has 1 fully saturated rings. The number of methoxy groups -OCH3 is 1. The number of carboxylic acid groups (broad SMARTS) is 1. The van der Waals surface area contributed by atoms with Gasteiger partial charge in [0, 0.05) is 10.6 Å². The Labute approximate surface area is 204 Å². The van der Waals surface area contributed by atoms with Crippen molar-refractivity contribution in [3.8, 4) is 11.5 Å². The number of hydrogen-bond acceptors (Lipinski definition) is 6. The Kier molecular flexibility index (Phi) is 6.90. The minimum absolute atomic E-state index is 0.0780. The highest BCUT2D eigenvalue weighted by molar-refractivity contribution is 8.19. The van der Waals surface area contributed by atoms with Gasteiger partial charge < -0.3 is 14.6 Å². The van der Waals surface area contributed by atoms with Crippen LogP contribution in [-0.4, -0.2) is 29.3 Å². The van der Waals surface area contributed by atoms with Crippen molar-refractivity contribution < 1.29 is 29.0 Å². The van der Waals surface area contributed by atoms with Gasteiger partial charge in [-0.3, -0.25) is 9.59 Å². The number of aromatic carboxylic acids is 1. The molecule has 1 aliphatic heterocycles. The fraction of sp³-hybridized carbons (Fsp3) is 0.0800. The Morgan fingerprint density at radius 3 is 2.53 bits per heavy atom. The van der Waals surface area contributed by atoms with Gasteiger partial charge in [0.05, 0.1) is 23.3 Å². The Hall–Kier alpha value is -3.75. The van der Waals surface area contributed by atoms with Gasteiger partial charge in [-0.05, 0) is 65.9 Å². The van der Waals surface area contributed by atoms with Crippen LogP contribution >= 0.6 is 23.4 Å². The number of ether oxygens (including phenoxy) is 2. The van der Waals surface area contributed by atoms with Crippen LogP contribution in [0.3, 0.4) is 0 Å². The zero-order chi connectivity index (χ0) is 24.2. The third-order valence-electron chi connectivity index (χ3n) is 4.95. The molecule has 3 aromatic carbocycles. The van der Waals surface area contributed by atoms with Gasteiger partial charge in [-0.15, -0.1) is 0 Å². The average Bonchev–Trinajstić information content (AvgIpc) is 3.11. The number of amides is 2. The maximum Gasteiger partial charge on any atom is 0.335 e. The smallest absolute Gasteiger partial charge is 0.335 e. The standard InChI is InChI=1S/C25H18ClNO6S/c1-32-20-7-3-5-16(22(20)33-14-15-4-2-6-17(12-15)24(29)30)13-21-23(28)27(25(31)34-21)19-10-8-18(26)9-11-19/h2-13H,14H2,1H3,(H,29,30)/b21-13+. The van der Waals surface area contributed by atoms with Gasteiger partial charge in [-0.25, -0.2) is 9.69 Å². The largest absolute Gasteiger partial charge is 0.493 e. The second-order valence-electron chi connectivity index (χ2n) is 7.17. The number of thioether (sulfide) groups is 1. The molecule has 0 unspecified atom stereocenters. The SMILES string of the molecule is COc1cccc(/C=C2/SC(=O)N(c3ccc(Cl)cc3)C2=O)c1OCc1cccc(C(=O)O)c1. The molecular weight excluding hydrogens is 478 g/mol. The summed E-state index contributed by atoms with van der Waals surface area (Å²) in [7, 11) is 1.49. The molecule has 1 N–H and O–H groups in total. The molecule has 1 heterocycles. The maximum atomic E-state index is 13.0. The second kappa shape index (κ2) is 10.0. The number of anilines is 1. The van der Waals surface area contributed by atoms with E-state index in [0.29, 0.717) is 33.3 Å². The summed E-state index contributed by atoms with van der Waals surface area (Å²) in [5.74, 6) is -0.694. The molecule has 0 atom stereocenters. The first-order valence-electron chi connectivity index (χ1n) is 10.0. The number of rotatable bonds is 7. The predicted molar refractivity (Wildman–Crippen MR) is 131 cm³/mol. The minimum atomic E-state index is -1.03. The Morgan fingerprint density at radius 1 is 1.09 bits per heavy atom. The molecule has 0 bridgehead atoms. The summed E-state index contributed by atoms with van der Waals surface area (Å²) in [4.78, 5) is 38.1. The molecule has 2 amide bonds. The van der Waals surface area contributed by atoms with Crippen molar-refractivity contribution >= 4 is 52.2 Å². The molecule has 3 aromatic rings. The Bertz CT molecular complexity index is 1310. The van der Waals surface area contributed by atoms with E-state index in [1.807, 2.05) is 0 Å². The first-order chi connectivity index (χ1) is 16.4. The van der Waals surface area contributed by atoms with Gasteiger partial charge in [0.2, 0.25) is 0 Å². The molecule has 4 rings (SSSR count). The third kappa shape index (κ3) is 4.93. The van der Waals surface area contributed by atoms with Gasteiger partial charge in [0.25, 0.3) is 11.1 Å². The second-order valence-corrected chi connectivity index (χ2v) is 8.60. The van der Waals surface area contributed by atoms with Gasteiger partial charge in [0.15, 0.2) is 11.5 Å². The molecular formula is C25H18ClNO6S. The van der Waals surface area contributed by atoms with E-state index in [0.717, 1.165) is 16.7 Å². The molecule has 0 spiro atoms. The fourth-order valence-corrected chi connectivity index (χ4v) is 4.29. The van der Waals surface area contributed by atoms with Crippen LogP contribution in [0.2, 0.25) is 5.02 Å². The minimum Gasteiger partial charge on any atom is -0.493 e. The van der Waals surface area contributed by atoms with Crippen LogP contribution in [0, 0.1) is 0 Å². The molecule has 172 valence electrons. The Morgan fingerprint density at radius 2 is 1.82 bits per heavy atom. The van der Waals surface area contributed by atoms with E-state index in [9.17, 15) is 19.5 Å². The molecule has 1 aliphatic rings.